The van der Waals surface area contributed by atoms with Crippen LogP contribution in [-0.4, -0.2) is 34.7 Å². The number of nitrogens with zero attached hydrogens (tertiary/aromatic N) is 3. The van der Waals surface area contributed by atoms with Crippen LogP contribution < -0.4 is 9.46 Å². The fraction of sp³-hybridized carbons (Fsp3) is 0.355. The van der Waals surface area contributed by atoms with E-state index in [1.165, 1.54) is 24.0 Å². The van der Waals surface area contributed by atoms with E-state index in [-0.39, 0.29) is 6.61 Å². The van der Waals surface area contributed by atoms with Crippen molar-refractivity contribution >= 4 is 22.2 Å². The first-order chi connectivity index (χ1) is 20.5. The number of aryl methyl sites for hydroxylation is 2. The second-order valence-electron chi connectivity index (χ2n) is 10.3. The summed E-state index contributed by atoms with van der Waals surface area (Å²) in [7, 11) is -3.28. The number of imidazole rings is 1. The van der Waals surface area contributed by atoms with Gasteiger partial charge >= 0.3 is 6.18 Å². The van der Waals surface area contributed by atoms with Crippen LogP contribution in [0.25, 0.3) is 12.2 Å². The van der Waals surface area contributed by atoms with Crippen molar-refractivity contribution in [1.82, 2.24) is 19.3 Å². The smallest absolute Gasteiger partial charge is 0.416 e. The molecule has 12 heteroatoms. The topological polar surface area (TPSA) is 99.2 Å². The highest BCUT2D eigenvalue weighted by molar-refractivity contribution is 7.90. The second-order valence-corrected chi connectivity index (χ2v) is 12.6. The molecule has 0 saturated heterocycles. The zero-order chi connectivity index (χ0) is 30.9. The van der Waals surface area contributed by atoms with Gasteiger partial charge in [0.25, 0.3) is 0 Å². The van der Waals surface area contributed by atoms with Crippen LogP contribution in [0.2, 0.25) is 0 Å². The van der Waals surface area contributed by atoms with Gasteiger partial charge in [-0.25, -0.2) is 23.1 Å². The lowest BCUT2D eigenvalue weighted by molar-refractivity contribution is -0.137. The Balaban J connectivity index is 1.16. The van der Waals surface area contributed by atoms with Crippen molar-refractivity contribution in [3.05, 3.63) is 101 Å². The Labute approximate surface area is 249 Å². The van der Waals surface area contributed by atoms with Crippen LogP contribution in [0.3, 0.4) is 0 Å². The van der Waals surface area contributed by atoms with Crippen LogP contribution in [0.5, 0.6) is 5.75 Å². The van der Waals surface area contributed by atoms with Gasteiger partial charge in [0.1, 0.15) is 30.1 Å². The second kappa shape index (κ2) is 14.5. The summed E-state index contributed by atoms with van der Waals surface area (Å²) in [6.07, 6.45) is 7.40. The van der Waals surface area contributed by atoms with Crippen molar-refractivity contribution < 1.29 is 30.7 Å². The van der Waals surface area contributed by atoms with E-state index in [0.29, 0.717) is 35.9 Å². The van der Waals surface area contributed by atoms with Crippen LogP contribution in [-0.2, 0) is 42.2 Å². The molecule has 43 heavy (non-hydrogen) atoms. The molecule has 0 spiro atoms. The highest BCUT2D eigenvalue weighted by atomic mass is 32.2. The number of sulfonamides is 1. The lowest BCUT2D eigenvalue weighted by atomic mass is 10.1. The van der Waals surface area contributed by atoms with Gasteiger partial charge in [0.05, 0.1) is 10.8 Å². The van der Waals surface area contributed by atoms with Gasteiger partial charge in [-0.15, -0.1) is 0 Å². The normalized spacial score (nSPS) is 12.4. The van der Waals surface area contributed by atoms with Gasteiger partial charge in [-0.05, 0) is 74.6 Å². The molecular formula is C31H35F3N4O4S. The molecular weight excluding hydrogens is 581 g/mol. The van der Waals surface area contributed by atoms with Crippen molar-refractivity contribution in [1.29, 1.82) is 0 Å². The molecule has 2 aromatic carbocycles. The molecule has 0 fully saturated rings. The lowest BCUT2D eigenvalue weighted by Gasteiger charge is -2.11. The summed E-state index contributed by atoms with van der Waals surface area (Å²) >= 11 is 0. The molecule has 0 bridgehead atoms. The number of aromatic nitrogens is 3. The standard InChI is InChI=1S/C31H35F3N4O4S/c1-23(2)43(39,40)36-17-16-29-35-18-20-38(29)19-4-3-5-24-8-13-28(14-9-24)41-21-27-22-42-30(37-27)15-10-25-6-11-26(12-7-25)31(32,33)34/h6-15,18,20,22-23,36H,3-5,16-17,19,21H2,1-2H3/b15-10+. The minimum atomic E-state index is -4.37. The summed E-state index contributed by atoms with van der Waals surface area (Å²) in [5, 5.41) is -0.462. The summed E-state index contributed by atoms with van der Waals surface area (Å²) in [6.45, 7) is 4.65. The van der Waals surface area contributed by atoms with Crippen LogP contribution in [0, 0.1) is 0 Å². The predicted molar refractivity (Wildman–Crippen MR) is 159 cm³/mol. The molecule has 0 atom stereocenters. The predicted octanol–water partition coefficient (Wildman–Crippen LogP) is 6.53. The fourth-order valence-electron chi connectivity index (χ4n) is 4.18. The summed E-state index contributed by atoms with van der Waals surface area (Å²) in [4.78, 5) is 8.70. The maximum absolute atomic E-state index is 12.7. The minimum Gasteiger partial charge on any atom is -0.487 e. The van der Waals surface area contributed by atoms with Gasteiger partial charge in [0.2, 0.25) is 15.9 Å². The van der Waals surface area contributed by atoms with E-state index in [0.717, 1.165) is 43.8 Å². The molecule has 4 rings (SSSR count). The first-order valence-electron chi connectivity index (χ1n) is 14.0. The number of benzene rings is 2. The molecule has 0 saturated carbocycles. The molecule has 2 aromatic heterocycles. The number of rotatable bonds is 15. The number of oxazole rings is 1. The zero-order valence-corrected chi connectivity index (χ0v) is 24.9. The highest BCUT2D eigenvalue weighted by Crippen LogP contribution is 2.29. The molecule has 4 aromatic rings. The molecule has 0 amide bonds. The monoisotopic (exact) mass is 616 g/mol. The Bertz CT molecular complexity index is 1580. The maximum Gasteiger partial charge on any atom is 0.416 e. The molecule has 0 aliphatic rings. The summed E-state index contributed by atoms with van der Waals surface area (Å²) in [6, 6.07) is 12.7. The van der Waals surface area contributed by atoms with Crippen molar-refractivity contribution in [3.63, 3.8) is 0 Å². The Kier molecular flexibility index (Phi) is 10.8. The molecule has 0 aliphatic heterocycles. The van der Waals surface area contributed by atoms with E-state index in [2.05, 4.69) is 19.3 Å². The van der Waals surface area contributed by atoms with Gasteiger partial charge in [-0.2, -0.15) is 13.2 Å². The largest absolute Gasteiger partial charge is 0.487 e. The zero-order valence-electron chi connectivity index (χ0n) is 24.0. The van der Waals surface area contributed by atoms with Crippen molar-refractivity contribution in [2.24, 2.45) is 0 Å². The fourth-order valence-corrected chi connectivity index (χ4v) is 4.90. The minimum absolute atomic E-state index is 0.211. The Morgan fingerprint density at radius 3 is 2.47 bits per heavy atom. The summed E-state index contributed by atoms with van der Waals surface area (Å²) in [5.74, 6) is 1.89. The lowest BCUT2D eigenvalue weighted by Crippen LogP contribution is -2.32. The number of hydrogen-bond acceptors (Lipinski definition) is 6. The van der Waals surface area contributed by atoms with E-state index < -0.39 is 27.0 Å². The summed E-state index contributed by atoms with van der Waals surface area (Å²) in [5.41, 5.74) is 1.68. The average Bonchev–Trinajstić information content (AvgIpc) is 3.62. The molecule has 230 valence electrons. The molecule has 0 unspecified atom stereocenters. The van der Waals surface area contributed by atoms with E-state index >= 15 is 0 Å². The third-order valence-electron chi connectivity index (χ3n) is 6.72. The molecule has 0 radical (unpaired) electrons. The van der Waals surface area contributed by atoms with Crippen LogP contribution in [0.1, 0.15) is 60.8 Å². The van der Waals surface area contributed by atoms with Crippen molar-refractivity contribution in [2.75, 3.05) is 6.54 Å². The molecule has 0 aliphatic carbocycles. The van der Waals surface area contributed by atoms with E-state index in [4.69, 9.17) is 9.15 Å². The Morgan fingerprint density at radius 2 is 1.77 bits per heavy atom. The SMILES string of the molecule is CC(C)S(=O)(=O)NCCc1nccn1CCCCc1ccc(OCc2coc(/C=C/c3ccc(C(F)(F)F)cc3)n2)cc1. The molecule has 1 N–H and O–H groups in total. The van der Waals surface area contributed by atoms with Crippen LogP contribution >= 0.6 is 0 Å². The summed E-state index contributed by atoms with van der Waals surface area (Å²) < 4.78 is 77.9. The van der Waals surface area contributed by atoms with Gasteiger partial charge in [-0.3, -0.25) is 0 Å². The van der Waals surface area contributed by atoms with Gasteiger partial charge in [0.15, 0.2) is 0 Å². The number of unbranched alkanes of at least 4 members (excludes halogenated alkanes) is 1. The molecule has 8 nitrogen and oxygen atoms in total. The number of nitrogens with one attached hydrogen (secondary N) is 1. The van der Waals surface area contributed by atoms with Crippen molar-refractivity contribution in [2.45, 2.75) is 64.1 Å². The Morgan fingerprint density at radius 1 is 1.02 bits per heavy atom. The quantitative estimate of drug-likeness (QED) is 0.153. The number of halogens is 3. The number of ether oxygens (including phenoxy) is 1. The van der Waals surface area contributed by atoms with E-state index in [1.807, 2.05) is 30.5 Å². The maximum atomic E-state index is 12.7. The third-order valence-corrected chi connectivity index (χ3v) is 8.57. The average molecular weight is 617 g/mol. The van der Waals surface area contributed by atoms with Crippen LogP contribution in [0.4, 0.5) is 13.2 Å². The highest BCUT2D eigenvalue weighted by Gasteiger charge is 2.29. The molecule has 2 heterocycles. The third kappa shape index (κ3) is 9.82. The Hall–Kier alpha value is -3.90. The number of alkyl halides is 3. The van der Waals surface area contributed by atoms with Crippen molar-refractivity contribution in [3.8, 4) is 5.75 Å². The first-order valence-corrected chi connectivity index (χ1v) is 15.5. The van der Waals surface area contributed by atoms with E-state index in [1.54, 1.807) is 32.2 Å². The van der Waals surface area contributed by atoms with Gasteiger partial charge < -0.3 is 13.7 Å². The van der Waals surface area contributed by atoms with Gasteiger partial charge in [-0.1, -0.05) is 24.3 Å². The number of hydrogen-bond donors (Lipinski definition) is 1. The first kappa shape index (κ1) is 32.0. The van der Waals surface area contributed by atoms with Crippen LogP contribution in [0.15, 0.2) is 71.6 Å². The van der Waals surface area contributed by atoms with Gasteiger partial charge in [0, 0.05) is 38.0 Å². The van der Waals surface area contributed by atoms with E-state index in [9.17, 15) is 21.6 Å².